The molecule has 5 nitrogen and oxygen atoms in total. The average molecular weight is 207 g/mol. The zero-order chi connectivity index (χ0) is 10.6. The van der Waals surface area contributed by atoms with Crippen LogP contribution in [0.4, 0.5) is 0 Å². The molecule has 0 aromatic rings. The quantitative estimate of drug-likeness (QED) is 0.381. The molecule has 0 radical (unpaired) electrons. The predicted molar refractivity (Wildman–Crippen MR) is 52.9 cm³/mol. The summed E-state index contributed by atoms with van der Waals surface area (Å²) in [5.41, 5.74) is 5.12. The number of methoxy groups -OCH3 is 1. The van der Waals surface area contributed by atoms with Gasteiger partial charge < -0.3 is 25.1 Å². The highest BCUT2D eigenvalue weighted by atomic mass is 16.5. The van der Waals surface area contributed by atoms with Crippen molar-refractivity contribution in [1.29, 1.82) is 0 Å². The lowest BCUT2D eigenvalue weighted by atomic mass is 10.2. The molecule has 0 aromatic heterocycles. The van der Waals surface area contributed by atoms with Crippen molar-refractivity contribution < 1.29 is 19.3 Å². The van der Waals surface area contributed by atoms with Crippen LogP contribution >= 0.6 is 0 Å². The Hall–Kier alpha value is -0.200. The highest BCUT2D eigenvalue weighted by molar-refractivity contribution is 4.52. The molecule has 0 aliphatic carbocycles. The van der Waals surface area contributed by atoms with Crippen LogP contribution in [-0.4, -0.2) is 51.5 Å². The first-order valence-corrected chi connectivity index (χ1v) is 4.83. The van der Waals surface area contributed by atoms with E-state index in [0.29, 0.717) is 32.8 Å². The number of hydrogen-bond acceptors (Lipinski definition) is 5. The number of rotatable bonds is 10. The normalized spacial score (nSPS) is 13.1. The molecule has 3 N–H and O–H groups in total. The zero-order valence-electron chi connectivity index (χ0n) is 8.78. The van der Waals surface area contributed by atoms with Crippen molar-refractivity contribution in [2.45, 2.75) is 18.9 Å². The second-order valence-corrected chi connectivity index (χ2v) is 2.94. The van der Waals surface area contributed by atoms with E-state index in [0.717, 1.165) is 6.42 Å². The standard InChI is InChI=1S/C9H21NO4/c1-12-7-9(11)3-2-4-13-5-6-14-8-10/h9,11H,2-8,10H2,1H3. The molecule has 0 saturated heterocycles. The second kappa shape index (κ2) is 10.9. The molecule has 1 atom stereocenters. The van der Waals surface area contributed by atoms with Crippen LogP contribution in [0.2, 0.25) is 0 Å². The van der Waals surface area contributed by atoms with E-state index in [1.165, 1.54) is 0 Å². The van der Waals surface area contributed by atoms with Crippen LogP contribution < -0.4 is 5.73 Å². The third kappa shape index (κ3) is 9.88. The Bertz CT molecular complexity index is 113. The first kappa shape index (κ1) is 13.8. The molecular weight excluding hydrogens is 186 g/mol. The molecular formula is C9H21NO4. The molecule has 0 saturated carbocycles. The van der Waals surface area contributed by atoms with Crippen molar-refractivity contribution in [3.05, 3.63) is 0 Å². The predicted octanol–water partition coefficient (Wildman–Crippen LogP) is -0.277. The summed E-state index contributed by atoms with van der Waals surface area (Å²) >= 11 is 0. The van der Waals surface area contributed by atoms with Crippen molar-refractivity contribution in [3.63, 3.8) is 0 Å². The van der Waals surface area contributed by atoms with E-state index in [4.69, 9.17) is 19.9 Å². The molecule has 5 heteroatoms. The van der Waals surface area contributed by atoms with Gasteiger partial charge in [-0.25, -0.2) is 0 Å². The summed E-state index contributed by atoms with van der Waals surface area (Å²) in [6.45, 7) is 2.33. The fourth-order valence-electron chi connectivity index (χ4n) is 1.000. The Morgan fingerprint density at radius 2 is 1.93 bits per heavy atom. The molecule has 0 aliphatic rings. The van der Waals surface area contributed by atoms with E-state index >= 15 is 0 Å². The minimum absolute atomic E-state index is 0.232. The van der Waals surface area contributed by atoms with Crippen molar-refractivity contribution in [2.24, 2.45) is 5.73 Å². The molecule has 0 aliphatic heterocycles. The fraction of sp³-hybridized carbons (Fsp3) is 1.00. The third-order valence-electron chi connectivity index (χ3n) is 1.67. The van der Waals surface area contributed by atoms with Crippen LogP contribution in [0, 0.1) is 0 Å². The highest BCUT2D eigenvalue weighted by Crippen LogP contribution is 1.97. The van der Waals surface area contributed by atoms with Gasteiger partial charge in [0.05, 0.1) is 32.7 Å². The molecule has 86 valence electrons. The summed E-state index contributed by atoms with van der Waals surface area (Å²) in [5, 5.41) is 9.27. The van der Waals surface area contributed by atoms with Gasteiger partial charge in [-0.05, 0) is 12.8 Å². The van der Waals surface area contributed by atoms with E-state index in [-0.39, 0.29) is 12.8 Å². The molecule has 14 heavy (non-hydrogen) atoms. The van der Waals surface area contributed by atoms with Gasteiger partial charge in [0.1, 0.15) is 0 Å². The molecule has 0 spiro atoms. The summed E-state index contributed by atoms with van der Waals surface area (Å²) in [4.78, 5) is 0. The van der Waals surface area contributed by atoms with Crippen LogP contribution in [0.15, 0.2) is 0 Å². The van der Waals surface area contributed by atoms with Gasteiger partial charge in [0.2, 0.25) is 0 Å². The summed E-state index contributed by atoms with van der Waals surface area (Å²) in [6.07, 6.45) is 1.14. The fourth-order valence-corrected chi connectivity index (χ4v) is 1.000. The molecule has 0 heterocycles. The van der Waals surface area contributed by atoms with Crippen LogP contribution in [0.3, 0.4) is 0 Å². The molecule has 0 aromatic carbocycles. The first-order valence-electron chi connectivity index (χ1n) is 4.83. The van der Waals surface area contributed by atoms with Gasteiger partial charge in [-0.3, -0.25) is 0 Å². The lowest BCUT2D eigenvalue weighted by molar-refractivity contribution is 0.0322. The Morgan fingerprint density at radius 3 is 2.57 bits per heavy atom. The number of ether oxygens (including phenoxy) is 3. The molecule has 0 bridgehead atoms. The van der Waals surface area contributed by atoms with Gasteiger partial charge in [0.25, 0.3) is 0 Å². The lowest BCUT2D eigenvalue weighted by Gasteiger charge is -2.09. The summed E-state index contributed by atoms with van der Waals surface area (Å²) < 4.78 is 14.9. The third-order valence-corrected chi connectivity index (χ3v) is 1.67. The van der Waals surface area contributed by atoms with Crippen molar-refractivity contribution in [3.8, 4) is 0 Å². The monoisotopic (exact) mass is 207 g/mol. The Kier molecular flexibility index (Phi) is 10.7. The SMILES string of the molecule is COCC(O)CCCOCCOCN. The van der Waals surface area contributed by atoms with Gasteiger partial charge in [-0.2, -0.15) is 0 Å². The van der Waals surface area contributed by atoms with Crippen LogP contribution in [0.25, 0.3) is 0 Å². The maximum absolute atomic E-state index is 9.27. The highest BCUT2D eigenvalue weighted by Gasteiger charge is 2.01. The van der Waals surface area contributed by atoms with Gasteiger partial charge in [-0.15, -0.1) is 0 Å². The number of nitrogens with two attached hydrogens (primary N) is 1. The molecule has 0 amide bonds. The number of aliphatic hydroxyl groups is 1. The summed E-state index contributed by atoms with van der Waals surface area (Å²) in [7, 11) is 1.57. The Labute approximate surface area is 85.1 Å². The van der Waals surface area contributed by atoms with Gasteiger partial charge in [0.15, 0.2) is 0 Å². The van der Waals surface area contributed by atoms with E-state index in [2.05, 4.69) is 0 Å². The van der Waals surface area contributed by atoms with E-state index < -0.39 is 0 Å². The number of hydrogen-bond donors (Lipinski definition) is 2. The van der Waals surface area contributed by atoms with Crippen LogP contribution in [0.5, 0.6) is 0 Å². The van der Waals surface area contributed by atoms with Gasteiger partial charge in [0, 0.05) is 13.7 Å². The average Bonchev–Trinajstić information content (AvgIpc) is 2.17. The summed E-state index contributed by atoms with van der Waals surface area (Å²) in [5.74, 6) is 0. The second-order valence-electron chi connectivity index (χ2n) is 2.94. The van der Waals surface area contributed by atoms with Crippen molar-refractivity contribution in [1.82, 2.24) is 0 Å². The molecule has 1 unspecified atom stereocenters. The summed E-state index contributed by atoms with van der Waals surface area (Å²) in [6, 6.07) is 0. The smallest absolute Gasteiger partial charge is 0.0941 e. The maximum Gasteiger partial charge on any atom is 0.0941 e. The molecule has 0 fully saturated rings. The Balaban J connectivity index is 2.98. The van der Waals surface area contributed by atoms with Gasteiger partial charge >= 0.3 is 0 Å². The van der Waals surface area contributed by atoms with Gasteiger partial charge in [-0.1, -0.05) is 0 Å². The minimum Gasteiger partial charge on any atom is -0.391 e. The van der Waals surface area contributed by atoms with Crippen LogP contribution in [-0.2, 0) is 14.2 Å². The largest absolute Gasteiger partial charge is 0.391 e. The van der Waals surface area contributed by atoms with Crippen molar-refractivity contribution >= 4 is 0 Å². The van der Waals surface area contributed by atoms with Crippen molar-refractivity contribution in [2.75, 3.05) is 40.3 Å². The zero-order valence-corrected chi connectivity index (χ0v) is 8.78. The lowest BCUT2D eigenvalue weighted by Crippen LogP contribution is -2.15. The topological polar surface area (TPSA) is 73.9 Å². The maximum atomic E-state index is 9.27. The van der Waals surface area contributed by atoms with E-state index in [9.17, 15) is 5.11 Å². The number of aliphatic hydroxyl groups excluding tert-OH is 1. The van der Waals surface area contributed by atoms with E-state index in [1.807, 2.05) is 0 Å². The molecule has 0 rings (SSSR count). The van der Waals surface area contributed by atoms with E-state index in [1.54, 1.807) is 7.11 Å². The Morgan fingerprint density at radius 1 is 1.21 bits per heavy atom. The minimum atomic E-state index is -0.385. The first-order chi connectivity index (χ1) is 6.81. The van der Waals surface area contributed by atoms with Crippen LogP contribution in [0.1, 0.15) is 12.8 Å².